The monoisotopic (exact) mass is 487 g/mol. The van der Waals surface area contributed by atoms with Crippen LogP contribution in [0.5, 0.6) is 0 Å². The van der Waals surface area contributed by atoms with Crippen LogP contribution in [-0.2, 0) is 0 Å². The first-order valence-electron chi connectivity index (χ1n) is 8.36. The molecule has 2 aromatic carbocycles. The fourth-order valence-corrected chi connectivity index (χ4v) is 3.63. The third-order valence-corrected chi connectivity index (χ3v) is 5.43. The van der Waals surface area contributed by atoms with Gasteiger partial charge in [0.05, 0.1) is 16.8 Å². The minimum absolute atomic E-state index is 0.146. The molecule has 134 valence electrons. The third-order valence-electron chi connectivity index (χ3n) is 4.58. The average molecular weight is 488 g/mol. The van der Waals surface area contributed by atoms with E-state index in [9.17, 15) is 4.79 Å². The van der Waals surface area contributed by atoms with Crippen molar-refractivity contribution in [2.75, 3.05) is 0 Å². The molecule has 0 amide bonds. The molecule has 4 nitrogen and oxygen atoms in total. The van der Waals surface area contributed by atoms with Crippen LogP contribution in [0.2, 0.25) is 5.02 Å². The molecule has 0 aliphatic rings. The molecule has 0 N–H and O–H groups in total. The van der Waals surface area contributed by atoms with Crippen molar-refractivity contribution in [3.05, 3.63) is 84.9 Å². The summed E-state index contributed by atoms with van der Waals surface area (Å²) >= 11 is 8.18. The van der Waals surface area contributed by atoms with Crippen molar-refractivity contribution in [2.24, 2.45) is 0 Å². The summed E-state index contributed by atoms with van der Waals surface area (Å²) in [6.45, 7) is 4.05. The molecule has 4 rings (SSSR count). The van der Waals surface area contributed by atoms with Gasteiger partial charge in [0.2, 0.25) is 0 Å². The van der Waals surface area contributed by atoms with Gasteiger partial charge in [-0.05, 0) is 84.0 Å². The van der Waals surface area contributed by atoms with Crippen molar-refractivity contribution in [2.45, 2.75) is 13.8 Å². The Kier molecular flexibility index (Phi) is 4.74. The Hall–Kier alpha value is -2.25. The van der Waals surface area contributed by atoms with Gasteiger partial charge in [0, 0.05) is 22.2 Å². The molecule has 27 heavy (non-hydrogen) atoms. The Morgan fingerprint density at radius 1 is 0.963 bits per heavy atom. The molecule has 0 bridgehead atoms. The highest BCUT2D eigenvalue weighted by molar-refractivity contribution is 14.1. The largest absolute Gasteiger partial charge is 0.279 e. The molecule has 0 fully saturated rings. The summed E-state index contributed by atoms with van der Waals surface area (Å²) in [4.78, 5) is 17.4. The molecule has 4 aromatic rings. The van der Waals surface area contributed by atoms with Crippen LogP contribution in [0.25, 0.3) is 27.7 Å². The highest BCUT2D eigenvalue weighted by atomic mass is 127. The smallest absolute Gasteiger partial charge is 0.267 e. The summed E-state index contributed by atoms with van der Waals surface area (Å²) in [6, 6.07) is 15.1. The Bertz CT molecular complexity index is 1230. The molecule has 0 aliphatic carbocycles. The van der Waals surface area contributed by atoms with Crippen LogP contribution in [0.3, 0.4) is 0 Å². The Morgan fingerprint density at radius 2 is 1.63 bits per heavy atom. The number of aryl methyl sites for hydroxylation is 2. The van der Waals surface area contributed by atoms with Gasteiger partial charge in [0.25, 0.3) is 5.56 Å². The first-order chi connectivity index (χ1) is 12.9. The molecule has 2 heterocycles. The molecular weight excluding hydrogens is 473 g/mol. The topological polar surface area (TPSA) is 47.8 Å². The van der Waals surface area contributed by atoms with Gasteiger partial charge in [-0.1, -0.05) is 23.7 Å². The minimum Gasteiger partial charge on any atom is -0.267 e. The van der Waals surface area contributed by atoms with Crippen LogP contribution in [0.15, 0.2) is 59.5 Å². The maximum atomic E-state index is 13.2. The molecular formula is C21H15ClIN3O. The number of benzene rings is 2. The van der Waals surface area contributed by atoms with E-state index >= 15 is 0 Å². The zero-order chi connectivity index (χ0) is 19.1. The summed E-state index contributed by atoms with van der Waals surface area (Å²) in [6.07, 6.45) is 1.68. The van der Waals surface area contributed by atoms with Crippen LogP contribution in [0, 0.1) is 17.5 Å². The van der Waals surface area contributed by atoms with E-state index in [0.29, 0.717) is 16.1 Å². The SMILES string of the molecule is Cc1cc2c(-c3ccc(Cl)cc3)nn(-c3ccnc(I)c3)c(=O)c2cc1C. The summed E-state index contributed by atoms with van der Waals surface area (Å²) in [5, 5.41) is 6.85. The lowest BCUT2D eigenvalue weighted by Crippen LogP contribution is -2.22. The maximum Gasteiger partial charge on any atom is 0.279 e. The number of halogens is 2. The first-order valence-corrected chi connectivity index (χ1v) is 9.82. The molecule has 0 saturated carbocycles. The highest BCUT2D eigenvalue weighted by Gasteiger charge is 2.15. The van der Waals surface area contributed by atoms with Crippen molar-refractivity contribution in [3.8, 4) is 16.9 Å². The zero-order valence-corrected chi connectivity index (χ0v) is 17.6. The number of pyridine rings is 1. The van der Waals surface area contributed by atoms with E-state index in [1.807, 2.05) is 56.3 Å². The van der Waals surface area contributed by atoms with Crippen molar-refractivity contribution in [3.63, 3.8) is 0 Å². The van der Waals surface area contributed by atoms with Gasteiger partial charge in [-0.2, -0.15) is 9.78 Å². The summed E-state index contributed by atoms with van der Waals surface area (Å²) < 4.78 is 2.25. The van der Waals surface area contributed by atoms with Gasteiger partial charge in [-0.15, -0.1) is 0 Å². The lowest BCUT2D eigenvalue weighted by molar-refractivity contribution is 0.822. The van der Waals surface area contributed by atoms with Gasteiger partial charge in [0.15, 0.2) is 0 Å². The van der Waals surface area contributed by atoms with Gasteiger partial charge in [-0.25, -0.2) is 0 Å². The second-order valence-electron chi connectivity index (χ2n) is 6.39. The van der Waals surface area contributed by atoms with E-state index in [4.69, 9.17) is 16.7 Å². The average Bonchev–Trinajstić information content (AvgIpc) is 2.65. The van der Waals surface area contributed by atoms with Crippen LogP contribution in [0.4, 0.5) is 0 Å². The molecule has 0 aliphatic heterocycles. The van der Waals surface area contributed by atoms with Crippen LogP contribution < -0.4 is 5.56 Å². The van der Waals surface area contributed by atoms with Crippen molar-refractivity contribution < 1.29 is 0 Å². The highest BCUT2D eigenvalue weighted by Crippen LogP contribution is 2.28. The van der Waals surface area contributed by atoms with Crippen molar-refractivity contribution in [1.29, 1.82) is 0 Å². The van der Waals surface area contributed by atoms with E-state index in [-0.39, 0.29) is 5.56 Å². The maximum absolute atomic E-state index is 13.2. The Labute approximate surface area is 175 Å². The van der Waals surface area contributed by atoms with Gasteiger partial charge in [-0.3, -0.25) is 9.78 Å². The molecule has 0 saturated heterocycles. The van der Waals surface area contributed by atoms with Gasteiger partial charge < -0.3 is 0 Å². The fourth-order valence-electron chi connectivity index (χ4n) is 3.02. The van der Waals surface area contributed by atoms with Gasteiger partial charge in [0.1, 0.15) is 3.70 Å². The summed E-state index contributed by atoms with van der Waals surface area (Å²) in [5.41, 5.74) is 4.39. The minimum atomic E-state index is -0.146. The fraction of sp³-hybridized carbons (Fsp3) is 0.0952. The molecule has 0 unspecified atom stereocenters. The van der Waals surface area contributed by atoms with Crippen LogP contribution in [0.1, 0.15) is 11.1 Å². The normalized spacial score (nSPS) is 11.1. The number of hydrogen-bond acceptors (Lipinski definition) is 3. The molecule has 0 radical (unpaired) electrons. The second-order valence-corrected chi connectivity index (χ2v) is 7.93. The molecule has 6 heteroatoms. The predicted octanol–water partition coefficient (Wildman–Crippen LogP) is 5.32. The molecule has 2 aromatic heterocycles. The number of rotatable bonds is 2. The Morgan fingerprint density at radius 3 is 2.30 bits per heavy atom. The third kappa shape index (κ3) is 3.37. The van der Waals surface area contributed by atoms with Crippen LogP contribution in [-0.4, -0.2) is 14.8 Å². The zero-order valence-electron chi connectivity index (χ0n) is 14.7. The molecule has 0 atom stereocenters. The second kappa shape index (κ2) is 7.05. The van der Waals surface area contributed by atoms with Crippen LogP contribution >= 0.6 is 34.2 Å². The van der Waals surface area contributed by atoms with E-state index in [1.54, 1.807) is 12.3 Å². The lowest BCUT2D eigenvalue weighted by atomic mass is 10.00. The number of hydrogen-bond donors (Lipinski definition) is 0. The first kappa shape index (κ1) is 18.1. The molecule has 0 spiro atoms. The number of aromatic nitrogens is 3. The summed E-state index contributed by atoms with van der Waals surface area (Å²) in [7, 11) is 0. The van der Waals surface area contributed by atoms with E-state index in [2.05, 4.69) is 27.6 Å². The predicted molar refractivity (Wildman–Crippen MR) is 118 cm³/mol. The summed E-state index contributed by atoms with van der Waals surface area (Å²) in [5.74, 6) is 0. The number of nitrogens with zero attached hydrogens (tertiary/aromatic N) is 3. The van der Waals surface area contributed by atoms with Crippen molar-refractivity contribution in [1.82, 2.24) is 14.8 Å². The van der Waals surface area contributed by atoms with E-state index in [1.165, 1.54) is 4.68 Å². The van der Waals surface area contributed by atoms with Gasteiger partial charge >= 0.3 is 0 Å². The number of fused-ring (bicyclic) bond motifs is 1. The standard InChI is InChI=1S/C21H15ClIN3O/c1-12-9-17-18(10-13(12)2)21(27)26(16-7-8-24-19(23)11-16)25-20(17)14-3-5-15(22)6-4-14/h3-11H,1-2H3. The van der Waals surface area contributed by atoms with E-state index < -0.39 is 0 Å². The quantitative estimate of drug-likeness (QED) is 0.284. The van der Waals surface area contributed by atoms with Crippen molar-refractivity contribution >= 4 is 45.0 Å². The lowest BCUT2D eigenvalue weighted by Gasteiger charge is -2.13. The Balaban J connectivity index is 2.11. The van der Waals surface area contributed by atoms with E-state index in [0.717, 1.165) is 31.5 Å².